The van der Waals surface area contributed by atoms with Gasteiger partial charge in [0.15, 0.2) is 0 Å². The normalized spacial score (nSPS) is 11.2. The van der Waals surface area contributed by atoms with E-state index in [9.17, 15) is 4.48 Å². The maximum Gasteiger partial charge on any atom is 0.340 e. The lowest BCUT2D eigenvalue weighted by molar-refractivity contribution is 0.448. The molecule has 0 rings (SSSR count). The Morgan fingerprint density at radius 2 is 2.75 bits per heavy atom. The molecule has 0 fully saturated rings. The second-order valence-electron chi connectivity index (χ2n) is 0.247. The molecule has 0 amide bonds. The second-order valence-corrected chi connectivity index (χ2v) is 0.247. The molecule has 0 unspecified atom stereocenters. The molecular weight excluding hydrogens is 57.8 g/mol. The zero-order chi connectivity index (χ0) is 4.28. The first kappa shape index (κ1) is 2.17. The first-order valence-electron chi connectivity index (χ1n) is 1.21. The topological polar surface area (TPSA) is 38.0 Å². The summed E-state index contributed by atoms with van der Waals surface area (Å²) in [5.41, 5.74) is 3.94. The number of hydrogen-bond acceptors (Lipinski definition) is 2. The van der Waals surface area contributed by atoms with Gasteiger partial charge in [-0.15, -0.1) is 4.48 Å². The van der Waals surface area contributed by atoms with E-state index in [1.165, 1.54) is 0 Å². The molecule has 0 aliphatic carbocycles. The van der Waals surface area contributed by atoms with Crippen LogP contribution in [0.2, 0.25) is 1.41 Å². The highest BCUT2D eigenvalue weighted by molar-refractivity contribution is 6.26. The average molecular weight is 61.9 g/mol. The fourth-order valence-corrected chi connectivity index (χ4v) is 0. The van der Waals surface area contributed by atoms with E-state index in [1.807, 2.05) is 0 Å². The Labute approximate surface area is 25.9 Å². The minimum absolute atomic E-state index is 0.472. The van der Waals surface area contributed by atoms with Crippen LogP contribution in [0.5, 0.6) is 0 Å². The van der Waals surface area contributed by atoms with Crippen LogP contribution in [0.15, 0.2) is 0 Å². The predicted octanol–water partition coefficient (Wildman–Crippen LogP) is -1.05. The molecule has 0 saturated heterocycles. The highest BCUT2D eigenvalue weighted by atomic mass is 19.2. The van der Waals surface area contributed by atoms with E-state index in [4.69, 9.17) is 1.41 Å². The van der Waals surface area contributed by atoms with E-state index in [2.05, 4.69) is 5.64 Å². The molecule has 2 nitrogen and oxygen atoms in total. The van der Waals surface area contributed by atoms with Gasteiger partial charge in [0.05, 0.1) is 0 Å². The van der Waals surface area contributed by atoms with Gasteiger partial charge in [0.2, 0.25) is 0 Å². The van der Waals surface area contributed by atoms with Gasteiger partial charge in [-0.3, -0.25) is 0 Å². The molecule has 0 atom stereocenters. The Morgan fingerprint density at radius 3 is 2.75 bits per heavy atom. The van der Waals surface area contributed by atoms with Crippen molar-refractivity contribution in [3.8, 4) is 0 Å². The molecule has 0 saturated carbocycles. The largest absolute Gasteiger partial charge is 0.358 e. The summed E-state index contributed by atoms with van der Waals surface area (Å²) in [5.74, 6) is 0. The summed E-state index contributed by atoms with van der Waals surface area (Å²) < 4.78 is 16.6. The second kappa shape index (κ2) is 2.91. The molecule has 0 aliphatic rings. The van der Waals surface area contributed by atoms with Gasteiger partial charge in [0.1, 0.15) is 1.41 Å². The maximum absolute atomic E-state index is 10.8. The Balaban J connectivity index is 2.54. The van der Waals surface area contributed by atoms with Gasteiger partial charge in [0.25, 0.3) is 0 Å². The third-order valence-corrected chi connectivity index (χ3v) is 0.0563. The lowest BCUT2D eigenvalue weighted by Gasteiger charge is -1.66. The standard InChI is InChI=1S/BFH3N2/c2-4-1-3/h4H,3H2/i4D. The number of hydrogen-bond donors (Lipinski definition) is 2. The van der Waals surface area contributed by atoms with E-state index in [0.29, 0.717) is 7.55 Å². The van der Waals surface area contributed by atoms with Crippen molar-refractivity contribution in [2.45, 2.75) is 0 Å². The van der Waals surface area contributed by atoms with Crippen LogP contribution in [0.1, 0.15) is 0 Å². The fourth-order valence-electron chi connectivity index (χ4n) is 0. The van der Waals surface area contributed by atoms with Crippen molar-refractivity contribution in [3.05, 3.63) is 0 Å². The molecule has 0 bridgehead atoms. The van der Waals surface area contributed by atoms with Crippen molar-refractivity contribution in [3.63, 3.8) is 0 Å². The first-order chi connectivity index (χ1) is 2.27. The van der Waals surface area contributed by atoms with E-state index in [-0.39, 0.29) is 0 Å². The number of halogens is 1. The Hall–Kier alpha value is -0.0851. The lowest BCUT2D eigenvalue weighted by atomic mass is 10.3. The summed E-state index contributed by atoms with van der Waals surface area (Å²) in [4.78, 5) is 0. The van der Waals surface area contributed by atoms with Gasteiger partial charge < -0.3 is 5.64 Å². The molecule has 0 spiro atoms. The van der Waals surface area contributed by atoms with Gasteiger partial charge >= 0.3 is 7.55 Å². The van der Waals surface area contributed by atoms with Crippen LogP contribution in [0, 0.1) is 0 Å². The first-order valence-corrected chi connectivity index (χ1v) is 0.761. The van der Waals surface area contributed by atoms with E-state index in [1.54, 1.807) is 0 Å². The number of nitrogens with two attached hydrogens (primary N) is 1. The van der Waals surface area contributed by atoms with Crippen molar-refractivity contribution in [1.29, 1.82) is 0 Å². The maximum atomic E-state index is 10.8. The third-order valence-electron chi connectivity index (χ3n) is 0.0563. The average Bonchev–Trinajstić information content (AvgIpc) is 1.38. The molecular formula is H3BFN2. The minimum Gasteiger partial charge on any atom is -0.358 e. The summed E-state index contributed by atoms with van der Waals surface area (Å²) in [7, 11) is 0.500. The molecule has 4 heavy (non-hydrogen) atoms. The lowest BCUT2D eigenvalue weighted by Crippen LogP contribution is -2.17. The Bertz CT molecular complexity index is 23.6. The van der Waals surface area contributed by atoms with Crippen molar-refractivity contribution < 1.29 is 5.89 Å². The van der Waals surface area contributed by atoms with Crippen molar-refractivity contribution >= 4 is 7.55 Å². The molecule has 0 aromatic rings. The molecule has 0 aromatic carbocycles. The van der Waals surface area contributed by atoms with Gasteiger partial charge in [-0.2, -0.15) is 5.44 Å². The van der Waals surface area contributed by atoms with Gasteiger partial charge in [-0.1, -0.05) is 0 Å². The molecule has 0 heterocycles. The predicted molar refractivity (Wildman–Crippen MR) is 14.2 cm³/mol. The van der Waals surface area contributed by atoms with Gasteiger partial charge in [-0.25, -0.2) is 0 Å². The molecule has 4 heteroatoms. The van der Waals surface area contributed by atoms with Crippen LogP contribution in [-0.4, -0.2) is 7.55 Å². The van der Waals surface area contributed by atoms with Crippen molar-refractivity contribution in [1.82, 2.24) is 5.44 Å². The van der Waals surface area contributed by atoms with Crippen LogP contribution in [0.25, 0.3) is 0 Å². The summed E-state index contributed by atoms with van der Waals surface area (Å²) in [6.07, 6.45) is 0. The molecule has 3 N–H and O–H groups in total. The summed E-state index contributed by atoms with van der Waals surface area (Å²) in [6, 6.07) is 0. The van der Waals surface area contributed by atoms with Crippen molar-refractivity contribution in [2.75, 3.05) is 0 Å². The molecule has 0 aliphatic heterocycles. The van der Waals surface area contributed by atoms with Gasteiger partial charge in [0, 0.05) is 0 Å². The van der Waals surface area contributed by atoms with Crippen LogP contribution in [0.3, 0.4) is 0 Å². The smallest absolute Gasteiger partial charge is 0.340 e. The van der Waals surface area contributed by atoms with E-state index >= 15 is 0 Å². The highest BCUT2D eigenvalue weighted by Crippen LogP contribution is 1.28. The van der Waals surface area contributed by atoms with Crippen LogP contribution >= 0.6 is 0 Å². The number of nitrogens with one attached hydrogen (secondary N) is 1. The van der Waals surface area contributed by atoms with Crippen LogP contribution in [-0.2, 0) is 0 Å². The van der Waals surface area contributed by atoms with Gasteiger partial charge in [-0.05, 0) is 0 Å². The Kier molecular flexibility index (Phi) is 1.58. The Morgan fingerprint density at radius 1 is 2.50 bits per heavy atom. The number of rotatable bonds is 1. The highest BCUT2D eigenvalue weighted by Gasteiger charge is 1.64. The van der Waals surface area contributed by atoms with Crippen molar-refractivity contribution in [2.24, 2.45) is 5.64 Å². The fraction of sp³-hybridized carbons (Fsp3) is 0. The molecule has 1 radical (unpaired) electrons. The van der Waals surface area contributed by atoms with Crippen LogP contribution in [0.4, 0.5) is 4.48 Å². The summed E-state index contributed by atoms with van der Waals surface area (Å²) in [5, 5.41) is 0. The molecule has 0 aromatic heterocycles. The van der Waals surface area contributed by atoms with E-state index in [0.717, 1.165) is 0 Å². The zero-order valence-electron chi connectivity index (χ0n) is 2.98. The van der Waals surface area contributed by atoms with E-state index < -0.39 is 5.44 Å². The molecule has 23 valence electrons. The SMILES string of the molecule is [2H]N(F)[B]N. The monoisotopic (exact) mass is 62.0 g/mol. The van der Waals surface area contributed by atoms with Crippen LogP contribution < -0.4 is 11.1 Å². The zero-order valence-corrected chi connectivity index (χ0v) is 1.98. The third kappa shape index (κ3) is 1.91. The minimum atomic E-state index is -0.472. The summed E-state index contributed by atoms with van der Waals surface area (Å²) in [6.45, 7) is 0. The summed E-state index contributed by atoms with van der Waals surface area (Å²) >= 11 is 0. The quantitative estimate of drug-likeness (QED) is 0.300.